The Morgan fingerprint density at radius 3 is 1.44 bits per heavy atom. The molecule has 2 rings (SSSR count). The third-order valence-electron chi connectivity index (χ3n) is 1.93. The lowest BCUT2D eigenvalue weighted by atomic mass is 10.3. The summed E-state index contributed by atoms with van der Waals surface area (Å²) in [4.78, 5) is 8.00. The number of quaternary nitrogens is 1. The lowest BCUT2D eigenvalue weighted by Crippen LogP contribution is -2.70. The molecule has 16 heavy (non-hydrogen) atoms. The summed E-state index contributed by atoms with van der Waals surface area (Å²) in [6, 6.07) is 20.7. The molecular weight excluding hydrogens is 204 g/mol. The smallest absolute Gasteiger partial charge is 0.134 e. The van der Waals surface area contributed by atoms with E-state index in [9.17, 15) is 0 Å². The first-order valence-electron chi connectivity index (χ1n) is 4.76. The Labute approximate surface area is 93.5 Å². The largest absolute Gasteiger partial charge is 0.444 e. The Balaban J connectivity index is 0.000000386. The van der Waals surface area contributed by atoms with Gasteiger partial charge in [-0.05, 0) is 24.3 Å². The lowest BCUT2D eigenvalue weighted by molar-refractivity contribution is -0.478. The van der Waals surface area contributed by atoms with Gasteiger partial charge in [0.15, 0.2) is 0 Å². The van der Waals surface area contributed by atoms with Gasteiger partial charge in [-0.3, -0.25) is 5.32 Å². The highest BCUT2D eigenvalue weighted by atomic mass is 16.6. The van der Waals surface area contributed by atoms with Gasteiger partial charge in [-0.25, -0.2) is 0 Å². The zero-order chi connectivity index (χ0) is 11.6. The molecule has 0 aromatic heterocycles. The number of para-hydroxylation sites is 2. The van der Waals surface area contributed by atoms with E-state index in [1.54, 1.807) is 0 Å². The van der Waals surface area contributed by atoms with E-state index < -0.39 is 0 Å². The molecular formula is C12H12N2O2. The minimum atomic E-state index is 1.00. The minimum absolute atomic E-state index is 1.00. The van der Waals surface area contributed by atoms with E-state index in [4.69, 9.17) is 10.1 Å². The summed E-state index contributed by atoms with van der Waals surface area (Å²) < 4.78 is 0. The number of nitrogens with two attached hydrogens (primary N) is 1. The molecule has 0 amide bonds. The topological polar surface area (TPSA) is 69.1 Å². The number of benzene rings is 2. The summed E-state index contributed by atoms with van der Waals surface area (Å²) in [5.41, 5.74) is 2.49. The molecule has 4 heteroatoms. The van der Waals surface area contributed by atoms with E-state index in [0.29, 0.717) is 0 Å². The molecule has 0 spiro atoms. The monoisotopic (exact) mass is 216 g/mol. The van der Waals surface area contributed by atoms with Crippen molar-refractivity contribution in [2.24, 2.45) is 5.34 Å². The van der Waals surface area contributed by atoms with Gasteiger partial charge in [-0.2, -0.15) is 0 Å². The molecule has 0 aliphatic heterocycles. The van der Waals surface area contributed by atoms with Gasteiger partial charge >= 0.3 is 0 Å². The fourth-order valence-corrected chi connectivity index (χ4v) is 1.29. The first-order chi connectivity index (χ1) is 7.86. The van der Waals surface area contributed by atoms with E-state index in [1.165, 1.54) is 11.4 Å². The van der Waals surface area contributed by atoms with Crippen LogP contribution in [-0.4, -0.2) is 0 Å². The average Bonchev–Trinajstić information content (AvgIpc) is 2.33. The van der Waals surface area contributed by atoms with Gasteiger partial charge in [-0.1, -0.05) is 36.4 Å². The van der Waals surface area contributed by atoms with Crippen molar-refractivity contribution >= 4 is 11.4 Å². The van der Waals surface area contributed by atoms with Crippen LogP contribution < -0.4 is 5.32 Å². The SMILES string of the molecule is O=N[O-].c1ccc([NH2+]c2ccccc2)cc1. The van der Waals surface area contributed by atoms with Gasteiger partial charge in [0.2, 0.25) is 0 Å². The van der Waals surface area contributed by atoms with E-state index in [2.05, 4.69) is 53.8 Å². The second kappa shape index (κ2) is 7.14. The maximum absolute atomic E-state index is 8.00. The van der Waals surface area contributed by atoms with Crippen LogP contribution in [0.3, 0.4) is 0 Å². The minimum Gasteiger partial charge on any atom is -0.444 e. The highest BCUT2D eigenvalue weighted by Crippen LogP contribution is 2.02. The van der Waals surface area contributed by atoms with Gasteiger partial charge in [0.05, 0.1) is 0 Å². The highest BCUT2D eigenvalue weighted by molar-refractivity contribution is 5.35. The van der Waals surface area contributed by atoms with Crippen LogP contribution in [0.25, 0.3) is 0 Å². The molecule has 0 atom stereocenters. The second-order valence-electron chi connectivity index (χ2n) is 3.04. The van der Waals surface area contributed by atoms with Crippen molar-refractivity contribution in [3.63, 3.8) is 0 Å². The number of nitrogens with zero attached hydrogens (tertiary/aromatic N) is 1. The quantitative estimate of drug-likeness (QED) is 0.476. The van der Waals surface area contributed by atoms with E-state index >= 15 is 0 Å². The van der Waals surface area contributed by atoms with Crippen molar-refractivity contribution in [1.82, 2.24) is 0 Å². The van der Waals surface area contributed by atoms with E-state index in [0.717, 1.165) is 5.34 Å². The fourth-order valence-electron chi connectivity index (χ4n) is 1.29. The molecule has 4 nitrogen and oxygen atoms in total. The van der Waals surface area contributed by atoms with Gasteiger partial charge in [0.25, 0.3) is 0 Å². The van der Waals surface area contributed by atoms with Crippen LogP contribution in [0.4, 0.5) is 11.4 Å². The predicted molar refractivity (Wildman–Crippen MR) is 63.3 cm³/mol. The molecule has 0 fully saturated rings. The first-order valence-corrected chi connectivity index (χ1v) is 4.76. The van der Waals surface area contributed by atoms with Crippen LogP contribution >= 0.6 is 0 Å². The Hall–Kier alpha value is -2.20. The van der Waals surface area contributed by atoms with E-state index in [-0.39, 0.29) is 0 Å². The van der Waals surface area contributed by atoms with Gasteiger partial charge in [0, 0.05) is 0 Å². The lowest BCUT2D eigenvalue weighted by Gasteiger charge is -1.98. The van der Waals surface area contributed by atoms with Crippen LogP contribution in [0.1, 0.15) is 0 Å². The van der Waals surface area contributed by atoms with Crippen LogP contribution in [0.15, 0.2) is 66.0 Å². The molecule has 0 unspecified atom stereocenters. The van der Waals surface area contributed by atoms with Crippen molar-refractivity contribution in [1.29, 1.82) is 0 Å². The van der Waals surface area contributed by atoms with Gasteiger partial charge < -0.3 is 10.1 Å². The molecule has 2 aromatic carbocycles. The second-order valence-corrected chi connectivity index (χ2v) is 3.04. The maximum atomic E-state index is 8.00. The Morgan fingerprint density at radius 1 is 0.812 bits per heavy atom. The van der Waals surface area contributed by atoms with Crippen LogP contribution in [0.2, 0.25) is 0 Å². The van der Waals surface area contributed by atoms with E-state index in [1.807, 2.05) is 12.1 Å². The van der Waals surface area contributed by atoms with Crippen molar-refractivity contribution in [3.8, 4) is 0 Å². The molecule has 2 aromatic rings. The normalized spacial score (nSPS) is 8.75. The maximum Gasteiger partial charge on any atom is 0.134 e. The van der Waals surface area contributed by atoms with Crippen LogP contribution in [0.5, 0.6) is 0 Å². The Bertz CT molecular complexity index is 366. The number of rotatable bonds is 2. The Kier molecular flexibility index (Phi) is 5.30. The summed E-state index contributed by atoms with van der Waals surface area (Å²) in [7, 11) is 0. The molecule has 0 saturated carbocycles. The molecule has 0 aliphatic carbocycles. The molecule has 0 heterocycles. The van der Waals surface area contributed by atoms with Crippen LogP contribution in [0, 0.1) is 10.1 Å². The standard InChI is InChI=1S/C12H11N.HNO2/c1-3-7-11(8-4-1)13-12-9-5-2-6-10-12;2-1-3/h1-10,13H;(H,2,3). The van der Waals surface area contributed by atoms with Crippen molar-refractivity contribution < 1.29 is 5.32 Å². The third kappa shape index (κ3) is 4.34. The molecule has 0 radical (unpaired) electrons. The summed E-state index contributed by atoms with van der Waals surface area (Å²) in [6.45, 7) is 0. The summed E-state index contributed by atoms with van der Waals surface area (Å²) in [5, 5.41) is 11.2. The molecule has 2 N–H and O–H groups in total. The van der Waals surface area contributed by atoms with Crippen molar-refractivity contribution in [2.75, 3.05) is 0 Å². The average molecular weight is 216 g/mol. The fraction of sp³-hybridized carbons (Fsp3) is 0. The van der Waals surface area contributed by atoms with Gasteiger partial charge in [0.1, 0.15) is 11.4 Å². The molecule has 0 bridgehead atoms. The third-order valence-corrected chi connectivity index (χ3v) is 1.93. The summed E-state index contributed by atoms with van der Waals surface area (Å²) in [6.07, 6.45) is 0. The number of hydrogen-bond donors (Lipinski definition) is 1. The molecule has 0 aliphatic rings. The molecule has 0 saturated heterocycles. The predicted octanol–water partition coefficient (Wildman–Crippen LogP) is 2.46. The van der Waals surface area contributed by atoms with Crippen molar-refractivity contribution in [2.45, 2.75) is 0 Å². The van der Waals surface area contributed by atoms with Crippen molar-refractivity contribution in [3.05, 3.63) is 70.8 Å². The first kappa shape index (κ1) is 11.9. The zero-order valence-electron chi connectivity index (χ0n) is 8.61. The Morgan fingerprint density at radius 2 is 1.12 bits per heavy atom. The summed E-state index contributed by atoms with van der Waals surface area (Å²) in [5.74, 6) is 0. The molecule has 82 valence electrons. The number of hydrogen-bond acceptors (Lipinski definition) is 3. The highest BCUT2D eigenvalue weighted by Gasteiger charge is 1.96. The zero-order valence-corrected chi connectivity index (χ0v) is 8.61. The van der Waals surface area contributed by atoms with Gasteiger partial charge in [-0.15, -0.1) is 5.34 Å². The van der Waals surface area contributed by atoms with Crippen LogP contribution in [-0.2, 0) is 0 Å². The summed E-state index contributed by atoms with van der Waals surface area (Å²) >= 11 is 0.